The van der Waals surface area contributed by atoms with Crippen LogP contribution in [-0.2, 0) is 21.2 Å². The highest BCUT2D eigenvalue weighted by Crippen LogP contribution is 2.21. The van der Waals surface area contributed by atoms with Crippen molar-refractivity contribution in [3.8, 4) is 0 Å². The molecule has 146 valence electrons. The molecule has 3 N–H and O–H groups in total. The Bertz CT molecular complexity index is 916. The first kappa shape index (κ1) is 20.5. The Labute approximate surface area is 157 Å². The van der Waals surface area contributed by atoms with Gasteiger partial charge in [-0.05, 0) is 37.6 Å². The summed E-state index contributed by atoms with van der Waals surface area (Å²) in [4.78, 5) is 23.3. The summed E-state index contributed by atoms with van der Waals surface area (Å²) in [5.41, 5.74) is 1.55. The van der Waals surface area contributed by atoms with Gasteiger partial charge in [0.15, 0.2) is 0 Å². The average Bonchev–Trinajstić information content (AvgIpc) is 2.94. The zero-order chi connectivity index (χ0) is 20.0. The third-order valence-corrected chi connectivity index (χ3v) is 5.15. The van der Waals surface area contributed by atoms with E-state index >= 15 is 0 Å². The summed E-state index contributed by atoms with van der Waals surface area (Å²) in [5, 5.41) is 11.6. The Kier molecular flexibility index (Phi) is 6.62. The lowest BCUT2D eigenvalue weighted by atomic mass is 10.1. The van der Waals surface area contributed by atoms with Gasteiger partial charge >= 0.3 is 5.97 Å². The van der Waals surface area contributed by atoms with Crippen LogP contribution in [0.3, 0.4) is 0 Å². The molecule has 9 heteroatoms. The molecule has 1 heterocycles. The van der Waals surface area contributed by atoms with Crippen LogP contribution in [0, 0.1) is 6.92 Å². The summed E-state index contributed by atoms with van der Waals surface area (Å²) < 4.78 is 31.4. The van der Waals surface area contributed by atoms with Gasteiger partial charge < -0.3 is 14.8 Å². The fraction of sp³-hybridized carbons (Fsp3) is 0.333. The van der Waals surface area contributed by atoms with E-state index in [9.17, 15) is 18.0 Å². The zero-order valence-electron chi connectivity index (χ0n) is 15.1. The van der Waals surface area contributed by atoms with Gasteiger partial charge in [0.1, 0.15) is 12.2 Å². The van der Waals surface area contributed by atoms with Crippen molar-refractivity contribution in [1.82, 2.24) is 0 Å². The largest absolute Gasteiger partial charge is 0.481 e. The van der Waals surface area contributed by atoms with Crippen LogP contribution in [0.15, 0.2) is 34.9 Å². The maximum absolute atomic E-state index is 12.5. The number of carboxylic acid groups (broad SMARTS) is 1. The van der Waals surface area contributed by atoms with E-state index in [0.717, 1.165) is 6.42 Å². The Morgan fingerprint density at radius 1 is 1.15 bits per heavy atom. The number of amides is 1. The highest BCUT2D eigenvalue weighted by Gasteiger charge is 2.20. The Morgan fingerprint density at radius 2 is 1.78 bits per heavy atom. The number of aliphatic carboxylic acids is 1. The van der Waals surface area contributed by atoms with Crippen LogP contribution in [0.4, 0.5) is 11.4 Å². The number of benzene rings is 1. The summed E-state index contributed by atoms with van der Waals surface area (Å²) in [7, 11) is -3.40. The molecule has 1 amide bonds. The third-order valence-electron chi connectivity index (χ3n) is 3.77. The van der Waals surface area contributed by atoms with Gasteiger partial charge in [-0.15, -0.1) is 0 Å². The molecule has 8 nitrogen and oxygen atoms in total. The first-order chi connectivity index (χ1) is 12.7. The number of carboxylic acids is 1. The molecule has 0 spiro atoms. The SMILES string of the molecule is CCCCS(=O)(=O)Nc1ccc(NC(=O)c2c(C)coc2CC(=O)O)cc1. The number of nitrogens with one attached hydrogen (secondary N) is 2. The molecule has 0 aliphatic heterocycles. The zero-order valence-corrected chi connectivity index (χ0v) is 15.9. The lowest BCUT2D eigenvalue weighted by molar-refractivity contribution is -0.136. The van der Waals surface area contributed by atoms with Crippen molar-refractivity contribution in [1.29, 1.82) is 0 Å². The molecule has 0 saturated heterocycles. The number of hydrogen-bond donors (Lipinski definition) is 3. The molecule has 0 saturated carbocycles. The lowest BCUT2D eigenvalue weighted by Crippen LogP contribution is -2.17. The first-order valence-electron chi connectivity index (χ1n) is 8.42. The van der Waals surface area contributed by atoms with Crippen LogP contribution in [0.2, 0.25) is 0 Å². The van der Waals surface area contributed by atoms with Gasteiger partial charge in [0.05, 0.1) is 17.6 Å². The molecule has 0 aliphatic rings. The Hall–Kier alpha value is -2.81. The maximum Gasteiger partial charge on any atom is 0.311 e. The minimum Gasteiger partial charge on any atom is -0.481 e. The molecule has 1 aromatic carbocycles. The van der Waals surface area contributed by atoms with E-state index in [1.807, 2.05) is 6.92 Å². The smallest absolute Gasteiger partial charge is 0.311 e. The van der Waals surface area contributed by atoms with E-state index in [-0.39, 0.29) is 17.1 Å². The van der Waals surface area contributed by atoms with Crippen molar-refractivity contribution >= 4 is 33.3 Å². The number of carbonyl (C=O) groups excluding carboxylic acids is 1. The van der Waals surface area contributed by atoms with Crippen molar-refractivity contribution in [2.24, 2.45) is 0 Å². The summed E-state index contributed by atoms with van der Waals surface area (Å²) in [6.45, 7) is 3.56. The number of unbranched alkanes of at least 4 members (excludes halogenated alkanes) is 1. The molecule has 0 radical (unpaired) electrons. The molecule has 0 unspecified atom stereocenters. The summed E-state index contributed by atoms with van der Waals surface area (Å²) in [5.74, 6) is -1.46. The third kappa shape index (κ3) is 5.85. The number of carbonyl (C=O) groups is 2. The highest BCUT2D eigenvalue weighted by atomic mass is 32.2. The molecule has 0 atom stereocenters. The lowest BCUT2D eigenvalue weighted by Gasteiger charge is -2.09. The first-order valence-corrected chi connectivity index (χ1v) is 10.1. The number of hydrogen-bond acceptors (Lipinski definition) is 5. The second kappa shape index (κ2) is 8.72. The molecule has 27 heavy (non-hydrogen) atoms. The normalized spacial score (nSPS) is 11.2. The second-order valence-electron chi connectivity index (χ2n) is 6.09. The summed E-state index contributed by atoms with van der Waals surface area (Å²) in [6.07, 6.45) is 2.30. The summed E-state index contributed by atoms with van der Waals surface area (Å²) >= 11 is 0. The minimum atomic E-state index is -3.40. The predicted molar refractivity (Wildman–Crippen MR) is 101 cm³/mol. The van der Waals surface area contributed by atoms with Crippen LogP contribution >= 0.6 is 0 Å². The van der Waals surface area contributed by atoms with Gasteiger partial charge in [0.2, 0.25) is 10.0 Å². The van der Waals surface area contributed by atoms with Crippen LogP contribution in [0.5, 0.6) is 0 Å². The van der Waals surface area contributed by atoms with Gasteiger partial charge in [-0.2, -0.15) is 0 Å². The molecule has 0 bridgehead atoms. The van der Waals surface area contributed by atoms with E-state index in [2.05, 4.69) is 10.0 Å². The average molecular weight is 394 g/mol. The number of rotatable bonds is 9. The van der Waals surface area contributed by atoms with E-state index in [1.165, 1.54) is 6.26 Å². The number of aryl methyl sites for hydroxylation is 1. The molecule has 2 rings (SSSR count). The van der Waals surface area contributed by atoms with Crippen molar-refractivity contribution in [3.63, 3.8) is 0 Å². The fourth-order valence-electron chi connectivity index (χ4n) is 2.45. The van der Waals surface area contributed by atoms with E-state index < -0.39 is 28.3 Å². The van der Waals surface area contributed by atoms with Crippen LogP contribution in [0.25, 0.3) is 0 Å². The molecule has 2 aromatic rings. The monoisotopic (exact) mass is 394 g/mol. The van der Waals surface area contributed by atoms with E-state index in [1.54, 1.807) is 31.2 Å². The van der Waals surface area contributed by atoms with Gasteiger partial charge in [-0.25, -0.2) is 8.42 Å². The topological polar surface area (TPSA) is 126 Å². The van der Waals surface area contributed by atoms with Crippen LogP contribution in [0.1, 0.15) is 41.4 Å². The molecular weight excluding hydrogens is 372 g/mol. The Balaban J connectivity index is 2.08. The Morgan fingerprint density at radius 3 is 2.37 bits per heavy atom. The van der Waals surface area contributed by atoms with Gasteiger partial charge in [0.25, 0.3) is 5.91 Å². The number of furan rings is 1. The predicted octanol–water partition coefficient (Wildman–Crippen LogP) is 3.01. The van der Waals surface area contributed by atoms with Gasteiger partial charge in [0, 0.05) is 16.9 Å². The van der Waals surface area contributed by atoms with Crippen molar-refractivity contribution in [3.05, 3.63) is 47.4 Å². The van der Waals surface area contributed by atoms with Crippen molar-refractivity contribution < 1.29 is 27.5 Å². The molecule has 0 aliphatic carbocycles. The van der Waals surface area contributed by atoms with E-state index in [4.69, 9.17) is 9.52 Å². The van der Waals surface area contributed by atoms with Gasteiger partial charge in [-0.3, -0.25) is 14.3 Å². The number of anilines is 2. The van der Waals surface area contributed by atoms with Gasteiger partial charge in [-0.1, -0.05) is 13.3 Å². The van der Waals surface area contributed by atoms with E-state index in [0.29, 0.717) is 23.4 Å². The fourth-order valence-corrected chi connectivity index (χ4v) is 3.72. The molecular formula is C18H22N2O6S. The van der Waals surface area contributed by atoms with Crippen LogP contribution < -0.4 is 10.0 Å². The maximum atomic E-state index is 12.5. The van der Waals surface area contributed by atoms with Crippen LogP contribution in [-0.4, -0.2) is 31.2 Å². The quantitative estimate of drug-likeness (QED) is 0.600. The second-order valence-corrected chi connectivity index (χ2v) is 7.94. The number of sulfonamides is 1. The molecule has 1 aromatic heterocycles. The minimum absolute atomic E-state index is 0.0497. The molecule has 0 fully saturated rings. The summed E-state index contributed by atoms with van der Waals surface area (Å²) in [6, 6.07) is 6.20. The standard InChI is InChI=1S/C18H22N2O6S/c1-3-4-9-27(24,25)20-14-7-5-13(6-8-14)19-18(23)17-12(2)11-26-15(17)10-16(21)22/h5-8,11,20H,3-4,9-10H2,1-2H3,(H,19,23)(H,21,22). The van der Waals surface area contributed by atoms with Crippen molar-refractivity contribution in [2.75, 3.05) is 15.8 Å². The highest BCUT2D eigenvalue weighted by molar-refractivity contribution is 7.92. The van der Waals surface area contributed by atoms with Crippen molar-refractivity contribution in [2.45, 2.75) is 33.1 Å².